The van der Waals surface area contributed by atoms with Crippen molar-refractivity contribution in [3.63, 3.8) is 0 Å². The van der Waals surface area contributed by atoms with Crippen LogP contribution in [0.1, 0.15) is 5.56 Å². The van der Waals surface area contributed by atoms with Crippen molar-refractivity contribution in [1.82, 2.24) is 0 Å². The van der Waals surface area contributed by atoms with Crippen molar-refractivity contribution in [2.24, 2.45) is 5.16 Å². The summed E-state index contributed by atoms with van der Waals surface area (Å²) < 4.78 is 18.0. The summed E-state index contributed by atoms with van der Waals surface area (Å²) in [6, 6.07) is 2.85. The number of ether oxygens (including phenoxy) is 1. The van der Waals surface area contributed by atoms with Crippen molar-refractivity contribution >= 4 is 17.8 Å². The fraction of sp³-hybridized carbons (Fsp3) is 0.125. The third kappa shape index (κ3) is 1.89. The van der Waals surface area contributed by atoms with Crippen LogP contribution in [0.4, 0.5) is 4.39 Å². The number of oxime groups is 1. The molecule has 0 saturated carbocycles. The minimum Gasteiger partial charge on any atom is -0.494 e. The Morgan fingerprint density at radius 1 is 1.62 bits per heavy atom. The highest BCUT2D eigenvalue weighted by molar-refractivity contribution is 6.33. The molecule has 0 aliphatic carbocycles. The predicted octanol–water partition coefficient (Wildman–Crippen LogP) is 2.30. The Bertz CT molecular complexity index is 341. The molecule has 0 unspecified atom stereocenters. The molecule has 70 valence electrons. The van der Waals surface area contributed by atoms with Gasteiger partial charge in [0.1, 0.15) is 0 Å². The smallest absolute Gasteiger partial charge is 0.175 e. The molecule has 0 saturated heterocycles. The van der Waals surface area contributed by atoms with Crippen LogP contribution in [-0.4, -0.2) is 18.5 Å². The first kappa shape index (κ1) is 9.80. The Kier molecular flexibility index (Phi) is 3.08. The van der Waals surface area contributed by atoms with Crippen LogP contribution in [-0.2, 0) is 0 Å². The van der Waals surface area contributed by atoms with Crippen molar-refractivity contribution in [2.75, 3.05) is 7.11 Å². The Labute approximate surface area is 79.4 Å². The van der Waals surface area contributed by atoms with Crippen LogP contribution in [0.5, 0.6) is 5.75 Å². The maximum atomic E-state index is 13.3. The summed E-state index contributed by atoms with van der Waals surface area (Å²) in [5, 5.41) is 11.1. The summed E-state index contributed by atoms with van der Waals surface area (Å²) in [7, 11) is 1.34. The van der Waals surface area contributed by atoms with E-state index in [1.165, 1.54) is 19.2 Å². The van der Waals surface area contributed by atoms with E-state index in [2.05, 4.69) is 5.16 Å². The highest BCUT2D eigenvalue weighted by atomic mass is 35.5. The highest BCUT2D eigenvalue weighted by Gasteiger charge is 2.10. The molecule has 1 rings (SSSR count). The van der Waals surface area contributed by atoms with Gasteiger partial charge in [-0.3, -0.25) is 0 Å². The summed E-state index contributed by atoms with van der Waals surface area (Å²) in [5.74, 6) is -0.591. The van der Waals surface area contributed by atoms with E-state index in [4.69, 9.17) is 21.5 Å². The minimum absolute atomic E-state index is 0.00326. The molecule has 1 N–H and O–H groups in total. The van der Waals surface area contributed by atoms with E-state index in [0.29, 0.717) is 0 Å². The summed E-state index contributed by atoms with van der Waals surface area (Å²) in [6.45, 7) is 0. The maximum Gasteiger partial charge on any atom is 0.175 e. The molecule has 0 spiro atoms. The molecule has 0 bridgehead atoms. The van der Waals surface area contributed by atoms with E-state index in [0.717, 1.165) is 6.21 Å². The molecule has 0 fully saturated rings. The third-order valence-corrected chi connectivity index (χ3v) is 1.83. The zero-order valence-electron chi connectivity index (χ0n) is 6.79. The lowest BCUT2D eigenvalue weighted by atomic mass is 10.2. The second-order valence-electron chi connectivity index (χ2n) is 2.22. The van der Waals surface area contributed by atoms with Crippen LogP contribution >= 0.6 is 11.6 Å². The summed E-state index contributed by atoms with van der Waals surface area (Å²) in [5.41, 5.74) is 0.00326. The van der Waals surface area contributed by atoms with Gasteiger partial charge in [0.05, 0.1) is 23.9 Å². The lowest BCUT2D eigenvalue weighted by Crippen LogP contribution is -1.95. The number of rotatable bonds is 2. The van der Waals surface area contributed by atoms with E-state index in [1.807, 2.05) is 0 Å². The minimum atomic E-state index is -0.646. The van der Waals surface area contributed by atoms with Gasteiger partial charge in [-0.05, 0) is 12.1 Å². The summed E-state index contributed by atoms with van der Waals surface area (Å²) in [4.78, 5) is 0. The first-order valence-electron chi connectivity index (χ1n) is 3.40. The van der Waals surface area contributed by atoms with Crippen molar-refractivity contribution in [2.45, 2.75) is 0 Å². The van der Waals surface area contributed by atoms with E-state index in [1.54, 1.807) is 0 Å². The fourth-order valence-corrected chi connectivity index (χ4v) is 1.08. The zero-order chi connectivity index (χ0) is 9.84. The molecule has 0 aliphatic heterocycles. The van der Waals surface area contributed by atoms with Gasteiger partial charge in [0, 0.05) is 0 Å². The SMILES string of the molecule is COc1ccc(Cl)c(/C=N/O)c1F. The van der Waals surface area contributed by atoms with Crippen molar-refractivity contribution in [3.8, 4) is 5.75 Å². The number of methoxy groups -OCH3 is 1. The van der Waals surface area contributed by atoms with Gasteiger partial charge in [-0.25, -0.2) is 4.39 Å². The van der Waals surface area contributed by atoms with Crippen LogP contribution in [0.15, 0.2) is 17.3 Å². The van der Waals surface area contributed by atoms with Gasteiger partial charge in [0.15, 0.2) is 11.6 Å². The molecule has 3 nitrogen and oxygen atoms in total. The molecule has 5 heteroatoms. The molecule has 1 aromatic carbocycles. The van der Waals surface area contributed by atoms with Gasteiger partial charge in [-0.1, -0.05) is 16.8 Å². The second-order valence-corrected chi connectivity index (χ2v) is 2.63. The molecular weight excluding hydrogens is 197 g/mol. The van der Waals surface area contributed by atoms with Gasteiger partial charge in [0.2, 0.25) is 0 Å². The average molecular weight is 204 g/mol. The number of hydrogen-bond donors (Lipinski definition) is 1. The van der Waals surface area contributed by atoms with Gasteiger partial charge in [-0.15, -0.1) is 0 Å². The topological polar surface area (TPSA) is 41.8 Å². The molecule has 0 atom stereocenters. The lowest BCUT2D eigenvalue weighted by molar-refractivity contribution is 0.321. The van der Waals surface area contributed by atoms with Gasteiger partial charge < -0.3 is 9.94 Å². The lowest BCUT2D eigenvalue weighted by Gasteiger charge is -2.04. The second kappa shape index (κ2) is 4.09. The predicted molar refractivity (Wildman–Crippen MR) is 47.3 cm³/mol. The third-order valence-electron chi connectivity index (χ3n) is 1.50. The zero-order valence-corrected chi connectivity index (χ0v) is 7.55. The van der Waals surface area contributed by atoms with E-state index < -0.39 is 5.82 Å². The largest absolute Gasteiger partial charge is 0.494 e. The van der Waals surface area contributed by atoms with Crippen LogP contribution in [0.2, 0.25) is 5.02 Å². The molecule has 13 heavy (non-hydrogen) atoms. The Hall–Kier alpha value is -1.29. The molecule has 0 aromatic heterocycles. The number of hydrogen-bond acceptors (Lipinski definition) is 3. The first-order chi connectivity index (χ1) is 6.20. The van der Waals surface area contributed by atoms with Crippen LogP contribution in [0, 0.1) is 5.82 Å². The highest BCUT2D eigenvalue weighted by Crippen LogP contribution is 2.25. The van der Waals surface area contributed by atoms with Crippen molar-refractivity contribution < 1.29 is 14.3 Å². The van der Waals surface area contributed by atoms with Gasteiger partial charge in [0.25, 0.3) is 0 Å². The van der Waals surface area contributed by atoms with E-state index in [-0.39, 0.29) is 16.3 Å². The Morgan fingerprint density at radius 3 is 2.85 bits per heavy atom. The Balaban J connectivity index is 3.29. The van der Waals surface area contributed by atoms with E-state index >= 15 is 0 Å². The monoisotopic (exact) mass is 203 g/mol. The first-order valence-corrected chi connectivity index (χ1v) is 3.78. The number of nitrogens with zero attached hydrogens (tertiary/aromatic N) is 1. The quantitative estimate of drug-likeness (QED) is 0.455. The summed E-state index contributed by atoms with van der Waals surface area (Å²) >= 11 is 5.64. The van der Waals surface area contributed by atoms with E-state index in [9.17, 15) is 4.39 Å². The molecule has 0 radical (unpaired) electrons. The van der Waals surface area contributed by atoms with Crippen molar-refractivity contribution in [3.05, 3.63) is 28.5 Å². The molecule has 0 amide bonds. The molecular formula is C8H7ClFNO2. The van der Waals surface area contributed by atoms with Crippen molar-refractivity contribution in [1.29, 1.82) is 0 Å². The average Bonchev–Trinajstić information content (AvgIpc) is 2.12. The maximum absolute atomic E-state index is 13.3. The van der Waals surface area contributed by atoms with Crippen LogP contribution in [0.25, 0.3) is 0 Å². The fourth-order valence-electron chi connectivity index (χ4n) is 0.883. The van der Waals surface area contributed by atoms with Gasteiger partial charge in [-0.2, -0.15) is 0 Å². The normalized spacial score (nSPS) is 10.7. The molecule has 1 aromatic rings. The molecule has 0 heterocycles. The van der Waals surface area contributed by atoms with Crippen LogP contribution in [0.3, 0.4) is 0 Å². The van der Waals surface area contributed by atoms with Gasteiger partial charge >= 0.3 is 0 Å². The summed E-state index contributed by atoms with van der Waals surface area (Å²) in [6.07, 6.45) is 0.917. The number of benzene rings is 1. The standard InChI is InChI=1S/C8H7ClFNO2/c1-13-7-3-2-6(9)5(4-11-12)8(7)10/h2-4,12H,1H3/b11-4+. The molecule has 0 aliphatic rings. The Morgan fingerprint density at radius 2 is 2.31 bits per heavy atom. The number of halogens is 2. The van der Waals surface area contributed by atoms with Crippen LogP contribution < -0.4 is 4.74 Å².